The zero-order chi connectivity index (χ0) is 23.9. The van der Waals surface area contributed by atoms with Crippen LogP contribution in [0.25, 0.3) is 10.2 Å². The number of rotatable bonds is 7. The highest BCUT2D eigenvalue weighted by Gasteiger charge is 2.13. The molecule has 0 aliphatic rings. The van der Waals surface area contributed by atoms with Crippen molar-refractivity contribution in [3.05, 3.63) is 77.3 Å². The molecule has 0 atom stereocenters. The number of aromatic nitrogens is 2. The number of fused-ring (bicyclic) bond motifs is 1. The molecule has 0 radical (unpaired) electrons. The molecular weight excluding hydrogens is 451 g/mol. The van der Waals surface area contributed by atoms with Gasteiger partial charge in [-0.15, -0.1) is 11.3 Å². The Labute approximate surface area is 201 Å². The fraction of sp³-hybridized carbons (Fsp3) is 0.192. The highest BCUT2D eigenvalue weighted by molar-refractivity contribution is 7.19. The number of hydrogen-bond acceptors (Lipinski definition) is 6. The van der Waals surface area contributed by atoms with E-state index in [2.05, 4.69) is 45.9 Å². The number of nitrogens with zero attached hydrogens (tertiary/aromatic N) is 3. The van der Waals surface area contributed by atoms with Crippen LogP contribution in [0.5, 0.6) is 11.5 Å². The molecule has 0 spiro atoms. The predicted molar refractivity (Wildman–Crippen MR) is 133 cm³/mol. The number of thiophene rings is 1. The summed E-state index contributed by atoms with van der Waals surface area (Å²) in [6, 6.07) is 11.2. The van der Waals surface area contributed by atoms with Crippen LogP contribution in [-0.2, 0) is 0 Å². The van der Waals surface area contributed by atoms with Crippen LogP contribution in [0.1, 0.15) is 29.1 Å². The number of benzene rings is 1. The minimum Gasteiger partial charge on any atom is -0.453 e. The van der Waals surface area contributed by atoms with Crippen molar-refractivity contribution >= 4 is 33.1 Å². The molecule has 0 saturated heterocycles. The molecule has 1 N–H and O–H groups in total. The highest BCUT2D eigenvalue weighted by atomic mass is 32.1. The normalized spacial score (nSPS) is 10.7. The van der Waals surface area contributed by atoms with Gasteiger partial charge in [-0.2, -0.15) is 0 Å². The van der Waals surface area contributed by atoms with Crippen LogP contribution in [0.2, 0.25) is 0 Å². The average molecular weight is 475 g/mol. The molecule has 0 aliphatic heterocycles. The standard InChI is InChI=1S/C26H23FN4O2S/c1-3-31(4-2)14-6-8-20-16-22-25(34-20)24(11-13-29-22)33-23-10-9-19(15-21(23)27)30-26(32)18-7-5-12-28-17-18/h5,7,9-13,15-17H,3-4,14H2,1-2H3,(H,30,32). The molecule has 1 aromatic carbocycles. The summed E-state index contributed by atoms with van der Waals surface area (Å²) >= 11 is 1.46. The van der Waals surface area contributed by atoms with E-state index < -0.39 is 5.82 Å². The first-order valence-corrected chi connectivity index (χ1v) is 11.7. The molecule has 0 aliphatic carbocycles. The number of nitrogens with one attached hydrogen (secondary N) is 1. The van der Waals surface area contributed by atoms with E-state index in [9.17, 15) is 9.18 Å². The predicted octanol–water partition coefficient (Wildman–Crippen LogP) is 5.57. The molecule has 4 aromatic rings. The number of amides is 1. The number of pyridine rings is 2. The molecule has 3 aromatic heterocycles. The SMILES string of the molecule is CCN(CC)CC#Cc1cc2nccc(Oc3ccc(NC(=O)c4cccnc4)cc3F)c2s1. The summed E-state index contributed by atoms with van der Waals surface area (Å²) in [6.45, 7) is 6.83. The summed E-state index contributed by atoms with van der Waals surface area (Å²) < 4.78 is 21.4. The van der Waals surface area contributed by atoms with E-state index in [0.29, 0.717) is 23.5 Å². The van der Waals surface area contributed by atoms with Gasteiger partial charge in [-0.25, -0.2) is 4.39 Å². The lowest BCUT2D eigenvalue weighted by Gasteiger charge is -2.12. The fourth-order valence-corrected chi connectivity index (χ4v) is 4.16. The maximum atomic E-state index is 14.8. The van der Waals surface area contributed by atoms with E-state index in [-0.39, 0.29) is 11.7 Å². The molecule has 0 saturated carbocycles. The summed E-state index contributed by atoms with van der Waals surface area (Å²) in [5.74, 6) is 5.97. The summed E-state index contributed by atoms with van der Waals surface area (Å²) in [5.41, 5.74) is 1.45. The Balaban J connectivity index is 1.50. The fourth-order valence-electron chi connectivity index (χ4n) is 3.22. The largest absolute Gasteiger partial charge is 0.453 e. The molecule has 3 heterocycles. The van der Waals surface area contributed by atoms with Gasteiger partial charge in [0.1, 0.15) is 5.75 Å². The maximum Gasteiger partial charge on any atom is 0.257 e. The average Bonchev–Trinajstić information content (AvgIpc) is 3.28. The van der Waals surface area contributed by atoms with Crippen LogP contribution < -0.4 is 10.1 Å². The molecule has 8 heteroatoms. The van der Waals surface area contributed by atoms with Gasteiger partial charge in [0.2, 0.25) is 0 Å². The van der Waals surface area contributed by atoms with Crippen LogP contribution in [-0.4, -0.2) is 40.4 Å². The van der Waals surface area contributed by atoms with Gasteiger partial charge in [0, 0.05) is 36.4 Å². The second kappa shape index (κ2) is 10.9. The smallest absolute Gasteiger partial charge is 0.257 e. The summed E-state index contributed by atoms with van der Waals surface area (Å²) in [5, 5.41) is 2.66. The summed E-state index contributed by atoms with van der Waals surface area (Å²) in [6.07, 6.45) is 4.65. The number of hydrogen-bond donors (Lipinski definition) is 1. The van der Waals surface area contributed by atoms with E-state index in [1.54, 1.807) is 36.7 Å². The second-order valence-corrected chi connectivity index (χ2v) is 8.39. The van der Waals surface area contributed by atoms with Gasteiger partial charge in [-0.05, 0) is 43.4 Å². The number of carbonyl (C=O) groups excluding carboxylic acids is 1. The van der Waals surface area contributed by atoms with Gasteiger partial charge < -0.3 is 10.1 Å². The molecule has 4 rings (SSSR count). The molecule has 172 valence electrons. The maximum absolute atomic E-state index is 14.8. The Hall–Kier alpha value is -3.80. The molecule has 1 amide bonds. The Bertz CT molecular complexity index is 1360. The molecule has 6 nitrogen and oxygen atoms in total. The number of anilines is 1. The van der Waals surface area contributed by atoms with Gasteiger partial charge in [-0.1, -0.05) is 25.7 Å². The van der Waals surface area contributed by atoms with E-state index in [0.717, 1.165) is 28.2 Å². The zero-order valence-electron chi connectivity index (χ0n) is 18.8. The summed E-state index contributed by atoms with van der Waals surface area (Å²) in [7, 11) is 0. The van der Waals surface area contributed by atoms with Crippen molar-refractivity contribution < 1.29 is 13.9 Å². The molecule has 34 heavy (non-hydrogen) atoms. The van der Waals surface area contributed by atoms with Gasteiger partial charge >= 0.3 is 0 Å². The van der Waals surface area contributed by atoms with Gasteiger partial charge in [0.25, 0.3) is 5.91 Å². The van der Waals surface area contributed by atoms with E-state index >= 15 is 0 Å². The lowest BCUT2D eigenvalue weighted by molar-refractivity contribution is 0.102. The Kier molecular flexibility index (Phi) is 7.48. The van der Waals surface area contributed by atoms with Crippen molar-refractivity contribution in [1.82, 2.24) is 14.9 Å². The quantitative estimate of drug-likeness (QED) is 0.355. The zero-order valence-corrected chi connectivity index (χ0v) is 19.7. The third-order valence-electron chi connectivity index (χ3n) is 5.12. The van der Waals surface area contributed by atoms with Gasteiger partial charge in [-0.3, -0.25) is 19.7 Å². The Morgan fingerprint density at radius 2 is 2.00 bits per heavy atom. The van der Waals surface area contributed by atoms with Crippen molar-refractivity contribution in [1.29, 1.82) is 0 Å². The van der Waals surface area contributed by atoms with Crippen LogP contribution in [0.15, 0.2) is 61.1 Å². The number of carbonyl (C=O) groups is 1. The topological polar surface area (TPSA) is 67.3 Å². The second-order valence-electron chi connectivity index (χ2n) is 7.34. The number of halogens is 1. The van der Waals surface area contributed by atoms with Crippen molar-refractivity contribution in [2.75, 3.05) is 25.0 Å². The Morgan fingerprint density at radius 3 is 2.74 bits per heavy atom. The third kappa shape index (κ3) is 5.57. The third-order valence-corrected chi connectivity index (χ3v) is 6.17. The first-order chi connectivity index (χ1) is 16.6. The minimum absolute atomic E-state index is 0.0504. The van der Waals surface area contributed by atoms with Gasteiger partial charge in [0.05, 0.1) is 27.2 Å². The Morgan fingerprint density at radius 1 is 1.15 bits per heavy atom. The van der Waals surface area contributed by atoms with Crippen LogP contribution in [0.4, 0.5) is 10.1 Å². The lowest BCUT2D eigenvalue weighted by atomic mass is 10.2. The van der Waals surface area contributed by atoms with E-state index in [1.807, 2.05) is 6.07 Å². The van der Waals surface area contributed by atoms with E-state index in [4.69, 9.17) is 4.74 Å². The van der Waals surface area contributed by atoms with Crippen LogP contribution in [0, 0.1) is 17.7 Å². The molecule has 0 bridgehead atoms. The van der Waals surface area contributed by atoms with Crippen molar-refractivity contribution in [3.63, 3.8) is 0 Å². The molecular formula is C26H23FN4O2S. The van der Waals surface area contributed by atoms with Gasteiger partial charge in [0.15, 0.2) is 11.6 Å². The van der Waals surface area contributed by atoms with Crippen LogP contribution >= 0.6 is 11.3 Å². The van der Waals surface area contributed by atoms with Crippen molar-refractivity contribution in [2.24, 2.45) is 0 Å². The first-order valence-electron chi connectivity index (χ1n) is 10.9. The molecule has 0 fully saturated rings. The van der Waals surface area contributed by atoms with Crippen molar-refractivity contribution in [2.45, 2.75) is 13.8 Å². The summed E-state index contributed by atoms with van der Waals surface area (Å²) in [4.78, 5) is 23.7. The van der Waals surface area contributed by atoms with Crippen LogP contribution in [0.3, 0.4) is 0 Å². The van der Waals surface area contributed by atoms with Crippen molar-refractivity contribution in [3.8, 4) is 23.3 Å². The molecule has 0 unspecified atom stereocenters. The number of ether oxygens (including phenoxy) is 1. The lowest BCUT2D eigenvalue weighted by Crippen LogP contribution is -2.22. The first kappa shape index (κ1) is 23.4. The monoisotopic (exact) mass is 474 g/mol. The highest BCUT2D eigenvalue weighted by Crippen LogP contribution is 2.35. The van der Waals surface area contributed by atoms with E-state index in [1.165, 1.54) is 29.7 Å². The minimum atomic E-state index is -0.593.